The second-order valence-corrected chi connectivity index (χ2v) is 4.24. The Morgan fingerprint density at radius 1 is 1.60 bits per heavy atom. The fourth-order valence-electron chi connectivity index (χ4n) is 1.50. The van der Waals surface area contributed by atoms with Gasteiger partial charge in [-0.15, -0.1) is 0 Å². The zero-order valence-electron chi connectivity index (χ0n) is 8.21. The first-order chi connectivity index (χ1) is 7.11. The Labute approximate surface area is 95.9 Å². The average Bonchev–Trinajstić information content (AvgIpc) is 2.16. The lowest BCUT2D eigenvalue weighted by Gasteiger charge is -2.26. The minimum atomic E-state index is -0.419. The van der Waals surface area contributed by atoms with Gasteiger partial charge in [-0.3, -0.25) is 4.79 Å². The molecule has 1 heterocycles. The summed E-state index contributed by atoms with van der Waals surface area (Å²) >= 11 is 3.35. The van der Waals surface area contributed by atoms with Crippen molar-refractivity contribution in [3.8, 4) is 5.75 Å². The number of nitrogen functional groups attached to an aromatic ring is 1. The van der Waals surface area contributed by atoms with Gasteiger partial charge in [0, 0.05) is 5.69 Å². The number of carbonyl (C=O) groups excluding carboxylic acids is 1. The summed E-state index contributed by atoms with van der Waals surface area (Å²) in [5.74, 6) is 0.526. The van der Waals surface area contributed by atoms with E-state index in [-0.39, 0.29) is 5.91 Å². The highest BCUT2D eigenvalue weighted by Gasteiger charge is 2.27. The molecule has 1 amide bonds. The number of rotatable bonds is 1. The van der Waals surface area contributed by atoms with Crippen molar-refractivity contribution < 1.29 is 9.53 Å². The summed E-state index contributed by atoms with van der Waals surface area (Å²) in [6.07, 6.45) is 0.222. The number of anilines is 2. The van der Waals surface area contributed by atoms with Gasteiger partial charge in [0.15, 0.2) is 11.9 Å². The fourth-order valence-corrected chi connectivity index (χ4v) is 2.08. The molecule has 80 valence electrons. The highest BCUT2D eigenvalue weighted by Crippen LogP contribution is 2.39. The normalized spacial score (nSPS) is 19.1. The Morgan fingerprint density at radius 2 is 2.33 bits per heavy atom. The van der Waals surface area contributed by atoms with Gasteiger partial charge in [-0.2, -0.15) is 0 Å². The monoisotopic (exact) mass is 270 g/mol. The lowest BCUT2D eigenvalue weighted by atomic mass is 10.2. The van der Waals surface area contributed by atoms with Crippen LogP contribution in [0.15, 0.2) is 16.6 Å². The number of hydrogen-bond donors (Lipinski definition) is 2. The predicted molar refractivity (Wildman–Crippen MR) is 61.9 cm³/mol. The van der Waals surface area contributed by atoms with Crippen LogP contribution in [-0.4, -0.2) is 12.0 Å². The van der Waals surface area contributed by atoms with E-state index in [1.54, 1.807) is 12.1 Å². The first-order valence-electron chi connectivity index (χ1n) is 4.68. The first-order valence-corrected chi connectivity index (χ1v) is 5.47. The number of nitrogens with two attached hydrogens (primary N) is 1. The Morgan fingerprint density at radius 3 is 3.00 bits per heavy atom. The molecule has 15 heavy (non-hydrogen) atoms. The topological polar surface area (TPSA) is 64.3 Å². The molecule has 1 aliphatic heterocycles. The van der Waals surface area contributed by atoms with Gasteiger partial charge >= 0.3 is 0 Å². The van der Waals surface area contributed by atoms with Crippen LogP contribution in [0.1, 0.15) is 13.3 Å². The maximum absolute atomic E-state index is 11.5. The SMILES string of the molecule is CCC1Oc2c(Br)cc(N)cc2NC1=O. The predicted octanol–water partition coefficient (Wildman–Crippen LogP) is 2.14. The van der Waals surface area contributed by atoms with Crippen molar-refractivity contribution >= 4 is 33.2 Å². The molecule has 0 aliphatic carbocycles. The van der Waals surface area contributed by atoms with Crippen LogP contribution in [0.2, 0.25) is 0 Å². The number of hydrogen-bond acceptors (Lipinski definition) is 3. The zero-order valence-corrected chi connectivity index (χ0v) is 9.80. The summed E-state index contributed by atoms with van der Waals surface area (Å²) in [5, 5.41) is 2.77. The molecule has 0 aromatic heterocycles. The Balaban J connectivity index is 2.45. The average molecular weight is 271 g/mol. The van der Waals surface area contributed by atoms with Crippen LogP contribution in [0.25, 0.3) is 0 Å². The number of carbonyl (C=O) groups is 1. The molecule has 1 aromatic carbocycles. The lowest BCUT2D eigenvalue weighted by molar-refractivity contribution is -0.123. The van der Waals surface area contributed by atoms with E-state index in [9.17, 15) is 4.79 Å². The van der Waals surface area contributed by atoms with Gasteiger partial charge in [-0.25, -0.2) is 0 Å². The summed E-state index contributed by atoms with van der Waals surface area (Å²) < 4.78 is 6.32. The third kappa shape index (κ3) is 1.79. The number of nitrogens with one attached hydrogen (secondary N) is 1. The van der Waals surface area contributed by atoms with Gasteiger partial charge in [-0.1, -0.05) is 6.92 Å². The molecule has 3 N–H and O–H groups in total. The third-order valence-electron chi connectivity index (χ3n) is 2.25. The van der Waals surface area contributed by atoms with Gasteiger partial charge < -0.3 is 15.8 Å². The molecule has 0 spiro atoms. The van der Waals surface area contributed by atoms with Crippen molar-refractivity contribution in [1.82, 2.24) is 0 Å². The van der Waals surface area contributed by atoms with E-state index < -0.39 is 6.10 Å². The summed E-state index contributed by atoms with van der Waals surface area (Å²) in [6, 6.07) is 3.44. The highest BCUT2D eigenvalue weighted by atomic mass is 79.9. The van der Waals surface area contributed by atoms with Gasteiger partial charge in [0.2, 0.25) is 0 Å². The van der Waals surface area contributed by atoms with E-state index in [1.807, 2.05) is 6.92 Å². The van der Waals surface area contributed by atoms with Gasteiger partial charge in [0.1, 0.15) is 0 Å². The molecule has 1 aromatic rings. The van der Waals surface area contributed by atoms with Crippen molar-refractivity contribution in [3.63, 3.8) is 0 Å². The molecule has 0 radical (unpaired) electrons. The van der Waals surface area contributed by atoms with E-state index in [4.69, 9.17) is 10.5 Å². The van der Waals surface area contributed by atoms with Crippen molar-refractivity contribution in [1.29, 1.82) is 0 Å². The van der Waals surface area contributed by atoms with Crippen LogP contribution >= 0.6 is 15.9 Å². The molecule has 1 atom stereocenters. The molecule has 0 bridgehead atoms. The van der Waals surface area contributed by atoms with Crippen molar-refractivity contribution in [3.05, 3.63) is 16.6 Å². The molecule has 1 aliphatic rings. The summed E-state index contributed by atoms with van der Waals surface area (Å²) in [6.45, 7) is 1.90. The van der Waals surface area contributed by atoms with Gasteiger partial charge in [0.25, 0.3) is 5.91 Å². The van der Waals surface area contributed by atoms with Crippen molar-refractivity contribution in [2.75, 3.05) is 11.1 Å². The lowest BCUT2D eigenvalue weighted by Crippen LogP contribution is -2.36. The fraction of sp³-hybridized carbons (Fsp3) is 0.300. The summed E-state index contributed by atoms with van der Waals surface area (Å²) in [7, 11) is 0. The van der Waals surface area contributed by atoms with Gasteiger partial charge in [0.05, 0.1) is 10.2 Å². The molecule has 4 nitrogen and oxygen atoms in total. The molecule has 1 unspecified atom stereocenters. The smallest absolute Gasteiger partial charge is 0.265 e. The van der Waals surface area contributed by atoms with Crippen LogP contribution in [0.4, 0.5) is 11.4 Å². The van der Waals surface area contributed by atoms with E-state index >= 15 is 0 Å². The maximum atomic E-state index is 11.5. The zero-order chi connectivity index (χ0) is 11.0. The molecule has 0 saturated carbocycles. The van der Waals surface area contributed by atoms with Crippen LogP contribution in [-0.2, 0) is 4.79 Å². The van der Waals surface area contributed by atoms with E-state index in [0.717, 1.165) is 4.47 Å². The van der Waals surface area contributed by atoms with E-state index in [1.165, 1.54) is 0 Å². The van der Waals surface area contributed by atoms with Gasteiger partial charge in [-0.05, 0) is 34.5 Å². The standard InChI is InChI=1S/C10H11BrN2O2/c1-2-8-10(14)13-7-4-5(12)3-6(11)9(7)15-8/h3-4,8H,2,12H2,1H3,(H,13,14). The van der Waals surface area contributed by atoms with Crippen LogP contribution in [0, 0.1) is 0 Å². The largest absolute Gasteiger partial charge is 0.477 e. The van der Waals surface area contributed by atoms with Crippen LogP contribution in [0.5, 0.6) is 5.75 Å². The summed E-state index contributed by atoms with van der Waals surface area (Å²) in [5.41, 5.74) is 6.86. The third-order valence-corrected chi connectivity index (χ3v) is 2.84. The Kier molecular flexibility index (Phi) is 2.56. The first kappa shape index (κ1) is 10.3. The Bertz CT molecular complexity index is 420. The molecule has 0 saturated heterocycles. The molecular weight excluding hydrogens is 260 g/mol. The maximum Gasteiger partial charge on any atom is 0.265 e. The summed E-state index contributed by atoms with van der Waals surface area (Å²) in [4.78, 5) is 11.5. The van der Waals surface area contributed by atoms with Crippen LogP contribution in [0.3, 0.4) is 0 Å². The minimum Gasteiger partial charge on any atom is -0.477 e. The second kappa shape index (κ2) is 3.73. The van der Waals surface area contributed by atoms with Crippen LogP contribution < -0.4 is 15.8 Å². The number of fused-ring (bicyclic) bond motifs is 1. The molecular formula is C10H11BrN2O2. The Hall–Kier alpha value is -1.23. The number of benzene rings is 1. The highest BCUT2D eigenvalue weighted by molar-refractivity contribution is 9.10. The minimum absolute atomic E-state index is 0.123. The number of ether oxygens (including phenoxy) is 1. The number of halogens is 1. The van der Waals surface area contributed by atoms with E-state index in [0.29, 0.717) is 23.5 Å². The van der Waals surface area contributed by atoms with Crippen molar-refractivity contribution in [2.45, 2.75) is 19.4 Å². The quantitative estimate of drug-likeness (QED) is 0.769. The van der Waals surface area contributed by atoms with E-state index in [2.05, 4.69) is 21.2 Å². The second-order valence-electron chi connectivity index (χ2n) is 3.38. The van der Waals surface area contributed by atoms with Crippen molar-refractivity contribution in [2.24, 2.45) is 0 Å². The molecule has 5 heteroatoms. The molecule has 0 fully saturated rings. The molecule has 2 rings (SSSR count). The number of amides is 1.